The van der Waals surface area contributed by atoms with E-state index in [0.717, 1.165) is 6.42 Å². The Balaban J connectivity index is 3.27. The van der Waals surface area contributed by atoms with Crippen LogP contribution in [0.25, 0.3) is 0 Å². The van der Waals surface area contributed by atoms with Gasteiger partial charge < -0.3 is 14.9 Å². The van der Waals surface area contributed by atoms with Crippen LogP contribution in [0.3, 0.4) is 0 Å². The van der Waals surface area contributed by atoms with Gasteiger partial charge in [-0.15, -0.1) is 0 Å². The molecule has 0 saturated carbocycles. The van der Waals surface area contributed by atoms with Crippen molar-refractivity contribution in [2.75, 3.05) is 26.7 Å². The van der Waals surface area contributed by atoms with Crippen LogP contribution in [-0.2, 0) is 19.2 Å². The molecule has 0 unspecified atom stereocenters. The Morgan fingerprint density at radius 2 is 1.93 bits per heavy atom. The maximum atomic E-state index is 11.0. The van der Waals surface area contributed by atoms with Crippen LogP contribution in [0.1, 0.15) is 19.8 Å². The van der Waals surface area contributed by atoms with Gasteiger partial charge in [0.2, 0.25) is 0 Å². The Morgan fingerprint density at radius 1 is 1.20 bits per heavy atom. The van der Waals surface area contributed by atoms with E-state index in [1.807, 2.05) is 6.92 Å². The molecular weight excluding hydrogens is 200 g/mol. The van der Waals surface area contributed by atoms with E-state index in [0.29, 0.717) is 13.1 Å². The Hall–Kier alpha value is -1.14. The molecule has 0 spiro atoms. The molecule has 0 aliphatic carbocycles. The highest BCUT2D eigenvalue weighted by molar-refractivity contribution is 5.72. The van der Waals surface area contributed by atoms with Crippen molar-refractivity contribution in [1.82, 2.24) is 10.8 Å². The third kappa shape index (κ3) is 9.17. The number of ether oxygens (including phenoxy) is 1. The Bertz CT molecular complexity index is 197. The van der Waals surface area contributed by atoms with Gasteiger partial charge in [0.1, 0.15) is 0 Å². The second-order valence-corrected chi connectivity index (χ2v) is 2.87. The number of methoxy groups -OCH3 is 1. The minimum Gasteiger partial charge on any atom is -0.468 e. The number of nitrogens with one attached hydrogen (secondary N) is 2. The van der Waals surface area contributed by atoms with Crippen LogP contribution in [0.4, 0.5) is 0 Å². The van der Waals surface area contributed by atoms with Crippen LogP contribution in [0, 0.1) is 0 Å². The maximum Gasteiger partial charge on any atom is 0.326 e. The Kier molecular flexibility index (Phi) is 8.70. The lowest BCUT2D eigenvalue weighted by molar-refractivity contribution is -0.151. The number of hydrogen-bond acceptors (Lipinski definition) is 6. The first kappa shape index (κ1) is 13.9. The van der Waals surface area contributed by atoms with Crippen molar-refractivity contribution in [2.45, 2.75) is 19.8 Å². The number of hydrogen-bond donors (Lipinski definition) is 2. The Labute approximate surface area is 89.3 Å². The van der Waals surface area contributed by atoms with Gasteiger partial charge in [-0.3, -0.25) is 9.59 Å². The summed E-state index contributed by atoms with van der Waals surface area (Å²) < 4.78 is 4.41. The van der Waals surface area contributed by atoms with Gasteiger partial charge >= 0.3 is 11.9 Å². The monoisotopic (exact) mass is 218 g/mol. The largest absolute Gasteiger partial charge is 0.468 e. The van der Waals surface area contributed by atoms with Gasteiger partial charge in [0, 0.05) is 13.1 Å². The van der Waals surface area contributed by atoms with Crippen LogP contribution < -0.4 is 10.8 Å². The van der Waals surface area contributed by atoms with Crippen molar-refractivity contribution in [1.29, 1.82) is 0 Å². The number of hydroxylamine groups is 1. The van der Waals surface area contributed by atoms with Crippen molar-refractivity contribution < 1.29 is 19.2 Å². The first-order valence-corrected chi connectivity index (χ1v) is 4.90. The summed E-state index contributed by atoms with van der Waals surface area (Å²) in [5.74, 6) is -0.701. The predicted octanol–water partition coefficient (Wildman–Crippen LogP) is -0.403. The van der Waals surface area contributed by atoms with Crippen molar-refractivity contribution in [2.24, 2.45) is 0 Å². The minimum absolute atomic E-state index is 0.103. The topological polar surface area (TPSA) is 76.7 Å². The van der Waals surface area contributed by atoms with Crippen LogP contribution >= 0.6 is 0 Å². The van der Waals surface area contributed by atoms with Gasteiger partial charge in [-0.1, -0.05) is 6.92 Å². The molecule has 0 bridgehead atoms. The molecule has 0 saturated heterocycles. The summed E-state index contributed by atoms with van der Waals surface area (Å²) in [7, 11) is 1.31. The zero-order chi connectivity index (χ0) is 11.5. The third-order valence-electron chi connectivity index (χ3n) is 1.54. The van der Waals surface area contributed by atoms with E-state index in [1.54, 1.807) is 0 Å². The molecule has 6 heteroatoms. The first-order valence-electron chi connectivity index (χ1n) is 4.90. The molecule has 0 radical (unpaired) electrons. The van der Waals surface area contributed by atoms with Crippen molar-refractivity contribution in [3.8, 4) is 0 Å². The number of rotatable bonds is 8. The summed E-state index contributed by atoms with van der Waals surface area (Å²) in [5.41, 5.74) is 2.53. The molecule has 0 aliphatic heterocycles. The molecule has 0 fully saturated rings. The van der Waals surface area contributed by atoms with E-state index in [2.05, 4.69) is 20.4 Å². The van der Waals surface area contributed by atoms with E-state index in [9.17, 15) is 9.59 Å². The zero-order valence-electron chi connectivity index (χ0n) is 9.17. The molecule has 0 aromatic carbocycles. The van der Waals surface area contributed by atoms with Crippen molar-refractivity contribution in [3.63, 3.8) is 0 Å². The predicted molar refractivity (Wildman–Crippen MR) is 53.9 cm³/mol. The fraction of sp³-hybridized carbons (Fsp3) is 0.778. The lowest BCUT2D eigenvalue weighted by Crippen LogP contribution is -2.28. The minimum atomic E-state index is -0.354. The fourth-order valence-corrected chi connectivity index (χ4v) is 0.738. The Morgan fingerprint density at radius 3 is 2.53 bits per heavy atom. The van der Waals surface area contributed by atoms with Crippen LogP contribution in [0.15, 0.2) is 0 Å². The molecule has 0 rings (SSSR count). The maximum absolute atomic E-state index is 11.0. The average Bonchev–Trinajstić information content (AvgIpc) is 2.24. The summed E-state index contributed by atoms with van der Waals surface area (Å²) in [5, 5.41) is 2.75. The molecule has 0 aliphatic rings. The number of esters is 1. The second kappa shape index (κ2) is 9.42. The summed E-state index contributed by atoms with van der Waals surface area (Å²) in [6.45, 7) is 3.11. The highest BCUT2D eigenvalue weighted by Gasteiger charge is 2.03. The second-order valence-electron chi connectivity index (χ2n) is 2.87. The van der Waals surface area contributed by atoms with E-state index < -0.39 is 0 Å². The van der Waals surface area contributed by atoms with Gasteiger partial charge in [0.05, 0.1) is 20.1 Å². The molecule has 2 N–H and O–H groups in total. The third-order valence-corrected chi connectivity index (χ3v) is 1.54. The average molecular weight is 218 g/mol. The van der Waals surface area contributed by atoms with Crippen LogP contribution in [0.2, 0.25) is 0 Å². The lowest BCUT2D eigenvalue weighted by Gasteiger charge is -2.04. The molecule has 0 amide bonds. The SMILES string of the molecule is CCCNOC(=O)CCNCC(=O)OC. The van der Waals surface area contributed by atoms with Gasteiger partial charge in [0.15, 0.2) is 0 Å². The quantitative estimate of drug-likeness (QED) is 0.328. The molecule has 0 aromatic heterocycles. The molecule has 6 nitrogen and oxygen atoms in total. The van der Waals surface area contributed by atoms with Gasteiger partial charge in [-0.2, -0.15) is 5.48 Å². The van der Waals surface area contributed by atoms with Crippen molar-refractivity contribution >= 4 is 11.9 Å². The molecule has 0 aromatic rings. The summed E-state index contributed by atoms with van der Waals surface area (Å²) in [4.78, 5) is 26.3. The highest BCUT2D eigenvalue weighted by atomic mass is 16.7. The van der Waals surface area contributed by atoms with Crippen LogP contribution in [0.5, 0.6) is 0 Å². The molecule has 15 heavy (non-hydrogen) atoms. The van der Waals surface area contributed by atoms with E-state index in [4.69, 9.17) is 0 Å². The molecule has 0 heterocycles. The first-order chi connectivity index (χ1) is 7.20. The van der Waals surface area contributed by atoms with Gasteiger partial charge in [0.25, 0.3) is 0 Å². The number of carbonyl (C=O) groups is 2. The van der Waals surface area contributed by atoms with E-state index >= 15 is 0 Å². The van der Waals surface area contributed by atoms with E-state index in [-0.39, 0.29) is 24.9 Å². The summed E-state index contributed by atoms with van der Waals surface area (Å²) in [6, 6.07) is 0. The lowest BCUT2D eigenvalue weighted by atomic mass is 10.4. The fourth-order valence-electron chi connectivity index (χ4n) is 0.738. The highest BCUT2D eigenvalue weighted by Crippen LogP contribution is 1.82. The molecule has 0 atom stereocenters. The zero-order valence-corrected chi connectivity index (χ0v) is 9.17. The van der Waals surface area contributed by atoms with Gasteiger partial charge in [-0.05, 0) is 6.42 Å². The normalized spacial score (nSPS) is 9.73. The summed E-state index contributed by atoms with van der Waals surface area (Å²) in [6.07, 6.45) is 1.11. The van der Waals surface area contributed by atoms with Crippen molar-refractivity contribution in [3.05, 3.63) is 0 Å². The smallest absolute Gasteiger partial charge is 0.326 e. The summed E-state index contributed by atoms with van der Waals surface area (Å²) >= 11 is 0. The molecule has 88 valence electrons. The van der Waals surface area contributed by atoms with Gasteiger partial charge in [-0.25, -0.2) is 0 Å². The number of carbonyl (C=O) groups excluding carboxylic acids is 2. The molecular formula is C9H18N2O4. The van der Waals surface area contributed by atoms with Crippen LogP contribution in [-0.4, -0.2) is 38.7 Å². The standard InChI is InChI=1S/C9H18N2O4/c1-3-5-11-15-8(12)4-6-10-7-9(13)14-2/h10-11H,3-7H2,1-2H3. The van der Waals surface area contributed by atoms with E-state index in [1.165, 1.54) is 7.11 Å².